The van der Waals surface area contributed by atoms with Gasteiger partial charge in [-0.1, -0.05) is 0 Å². The normalized spacial score (nSPS) is 21.9. The summed E-state index contributed by atoms with van der Waals surface area (Å²) < 4.78 is 11.4. The predicted octanol–water partition coefficient (Wildman–Crippen LogP) is 2.76. The molecule has 0 radical (unpaired) electrons. The lowest BCUT2D eigenvalue weighted by Crippen LogP contribution is -2.36. The van der Waals surface area contributed by atoms with Crippen LogP contribution >= 0.6 is 11.3 Å². The Hall–Kier alpha value is -0.980. The van der Waals surface area contributed by atoms with E-state index in [4.69, 9.17) is 9.47 Å². The second-order valence-corrected chi connectivity index (χ2v) is 6.35. The zero-order valence-electron chi connectivity index (χ0n) is 11.6. The summed E-state index contributed by atoms with van der Waals surface area (Å²) >= 11 is 1.29. The molecule has 0 bridgehead atoms. The van der Waals surface area contributed by atoms with Crippen molar-refractivity contribution in [1.82, 2.24) is 4.98 Å². The van der Waals surface area contributed by atoms with Gasteiger partial charge in [0, 0.05) is 38.6 Å². The molecule has 110 valence electrons. The van der Waals surface area contributed by atoms with Crippen molar-refractivity contribution in [3.8, 4) is 0 Å². The number of thiazole rings is 1. The third-order valence-corrected chi connectivity index (χ3v) is 5.17. The number of ether oxygens (including phenoxy) is 2. The van der Waals surface area contributed by atoms with Gasteiger partial charge in [0.25, 0.3) is 0 Å². The third-order valence-electron chi connectivity index (χ3n) is 3.92. The van der Waals surface area contributed by atoms with Crippen molar-refractivity contribution in [2.45, 2.75) is 44.1 Å². The van der Waals surface area contributed by atoms with Crippen LogP contribution in [-0.2, 0) is 15.1 Å². The first kappa shape index (κ1) is 14.0. The van der Waals surface area contributed by atoms with Gasteiger partial charge in [-0.05, 0) is 19.8 Å². The quantitative estimate of drug-likeness (QED) is 0.905. The largest absolute Gasteiger partial charge is 0.477 e. The number of aromatic carboxylic acids is 1. The molecule has 0 spiro atoms. The lowest BCUT2D eigenvalue weighted by atomic mass is 9.94. The highest BCUT2D eigenvalue weighted by atomic mass is 32.1. The van der Waals surface area contributed by atoms with E-state index in [1.54, 1.807) is 0 Å². The molecule has 1 aromatic heterocycles. The summed E-state index contributed by atoms with van der Waals surface area (Å²) in [7, 11) is 0. The minimum absolute atomic E-state index is 0.338. The van der Waals surface area contributed by atoms with Gasteiger partial charge in [0.2, 0.25) is 0 Å². The van der Waals surface area contributed by atoms with E-state index in [2.05, 4.69) is 4.98 Å². The van der Waals surface area contributed by atoms with E-state index in [0.717, 1.165) is 36.4 Å². The molecule has 0 atom stereocenters. The van der Waals surface area contributed by atoms with E-state index >= 15 is 0 Å². The van der Waals surface area contributed by atoms with Crippen molar-refractivity contribution in [1.29, 1.82) is 0 Å². The average Bonchev–Trinajstić information content (AvgIpc) is 3.18. The van der Waals surface area contributed by atoms with E-state index < -0.39 is 11.6 Å². The molecule has 1 aliphatic carbocycles. The SMILES string of the molecule is CCOC1(c2nc(C3CC3)c(C(=O)O)s2)CCOCC1. The molecular formula is C14H19NO4S. The van der Waals surface area contributed by atoms with Crippen LogP contribution in [0.5, 0.6) is 0 Å². The standard InChI is InChI=1S/C14H19NO4S/c1-2-19-14(5-7-18-8-6-14)13-15-10(9-3-4-9)11(20-13)12(16)17/h9H,2-8H2,1H3,(H,16,17). The second-order valence-electron chi connectivity index (χ2n) is 5.35. The molecule has 6 heteroatoms. The van der Waals surface area contributed by atoms with Gasteiger partial charge in [0.1, 0.15) is 15.5 Å². The van der Waals surface area contributed by atoms with Gasteiger partial charge in [0.15, 0.2) is 0 Å². The molecule has 0 aromatic carbocycles. The van der Waals surface area contributed by atoms with Gasteiger partial charge >= 0.3 is 5.97 Å². The van der Waals surface area contributed by atoms with Crippen molar-refractivity contribution in [2.24, 2.45) is 0 Å². The van der Waals surface area contributed by atoms with Crippen LogP contribution in [0.1, 0.15) is 58.9 Å². The fourth-order valence-corrected chi connectivity index (χ4v) is 3.90. The van der Waals surface area contributed by atoms with Crippen LogP contribution in [-0.4, -0.2) is 35.9 Å². The number of carboxylic acids is 1. The highest BCUT2D eigenvalue weighted by Crippen LogP contribution is 2.46. The van der Waals surface area contributed by atoms with E-state index in [1.807, 2.05) is 6.92 Å². The predicted molar refractivity (Wildman–Crippen MR) is 74.4 cm³/mol. The summed E-state index contributed by atoms with van der Waals surface area (Å²) in [6.07, 6.45) is 3.59. The number of nitrogens with zero attached hydrogens (tertiary/aromatic N) is 1. The number of hydrogen-bond acceptors (Lipinski definition) is 5. The molecule has 2 fully saturated rings. The first-order valence-electron chi connectivity index (χ1n) is 7.12. The summed E-state index contributed by atoms with van der Waals surface area (Å²) in [5.41, 5.74) is 0.317. The van der Waals surface area contributed by atoms with E-state index in [0.29, 0.717) is 30.6 Å². The zero-order chi connectivity index (χ0) is 14.2. The van der Waals surface area contributed by atoms with Gasteiger partial charge in [-0.2, -0.15) is 0 Å². The Balaban J connectivity index is 1.98. The highest BCUT2D eigenvalue weighted by molar-refractivity contribution is 7.13. The summed E-state index contributed by atoms with van der Waals surface area (Å²) in [6, 6.07) is 0. The van der Waals surface area contributed by atoms with Crippen LogP contribution in [0.2, 0.25) is 0 Å². The molecule has 2 heterocycles. The summed E-state index contributed by atoms with van der Waals surface area (Å²) in [4.78, 5) is 16.5. The third kappa shape index (κ3) is 2.47. The molecule has 1 saturated heterocycles. The topological polar surface area (TPSA) is 68.7 Å². The van der Waals surface area contributed by atoms with Gasteiger partial charge in [-0.15, -0.1) is 11.3 Å². The van der Waals surface area contributed by atoms with Crippen LogP contribution in [0.25, 0.3) is 0 Å². The van der Waals surface area contributed by atoms with E-state index in [9.17, 15) is 9.90 Å². The number of carboxylic acid groups (broad SMARTS) is 1. The summed E-state index contributed by atoms with van der Waals surface area (Å²) in [5, 5.41) is 10.2. The van der Waals surface area contributed by atoms with E-state index in [-0.39, 0.29) is 0 Å². The van der Waals surface area contributed by atoms with Gasteiger partial charge < -0.3 is 14.6 Å². The molecule has 1 N–H and O–H groups in total. The van der Waals surface area contributed by atoms with Crippen molar-refractivity contribution in [3.63, 3.8) is 0 Å². The van der Waals surface area contributed by atoms with Crippen molar-refractivity contribution in [2.75, 3.05) is 19.8 Å². The Labute approximate surface area is 121 Å². The maximum atomic E-state index is 11.4. The number of aromatic nitrogens is 1. The molecule has 1 aromatic rings. The van der Waals surface area contributed by atoms with E-state index in [1.165, 1.54) is 11.3 Å². The molecule has 0 amide bonds. The van der Waals surface area contributed by atoms with Gasteiger partial charge in [-0.25, -0.2) is 9.78 Å². The number of carbonyl (C=O) groups is 1. The van der Waals surface area contributed by atoms with Crippen LogP contribution in [0.15, 0.2) is 0 Å². The molecular weight excluding hydrogens is 278 g/mol. The first-order chi connectivity index (χ1) is 9.66. The average molecular weight is 297 g/mol. The number of rotatable bonds is 5. The molecule has 1 aliphatic heterocycles. The number of hydrogen-bond donors (Lipinski definition) is 1. The molecule has 20 heavy (non-hydrogen) atoms. The lowest BCUT2D eigenvalue weighted by Gasteiger charge is -2.35. The summed E-state index contributed by atoms with van der Waals surface area (Å²) in [6.45, 7) is 3.84. The van der Waals surface area contributed by atoms with Crippen molar-refractivity contribution < 1.29 is 19.4 Å². The van der Waals surface area contributed by atoms with Crippen molar-refractivity contribution in [3.05, 3.63) is 15.6 Å². The fourth-order valence-electron chi connectivity index (χ4n) is 2.71. The maximum absolute atomic E-state index is 11.4. The van der Waals surface area contributed by atoms with Crippen LogP contribution in [0.4, 0.5) is 0 Å². The first-order valence-corrected chi connectivity index (χ1v) is 7.94. The van der Waals surface area contributed by atoms with Crippen LogP contribution in [0, 0.1) is 0 Å². The molecule has 1 saturated carbocycles. The molecule has 0 unspecified atom stereocenters. The molecule has 5 nitrogen and oxygen atoms in total. The Kier molecular flexibility index (Phi) is 3.79. The van der Waals surface area contributed by atoms with Crippen molar-refractivity contribution >= 4 is 17.3 Å². The minimum atomic E-state index is -0.866. The maximum Gasteiger partial charge on any atom is 0.347 e. The van der Waals surface area contributed by atoms with Gasteiger partial charge in [-0.3, -0.25) is 0 Å². The monoisotopic (exact) mass is 297 g/mol. The van der Waals surface area contributed by atoms with Gasteiger partial charge in [0.05, 0.1) is 5.69 Å². The fraction of sp³-hybridized carbons (Fsp3) is 0.714. The Morgan fingerprint density at radius 3 is 2.75 bits per heavy atom. The second kappa shape index (κ2) is 5.42. The summed E-state index contributed by atoms with van der Waals surface area (Å²) in [5.74, 6) is -0.529. The van der Waals surface area contributed by atoms with Crippen LogP contribution in [0.3, 0.4) is 0 Å². The van der Waals surface area contributed by atoms with Crippen LogP contribution < -0.4 is 0 Å². The molecule has 2 aliphatic rings. The molecule has 3 rings (SSSR count). The minimum Gasteiger partial charge on any atom is -0.477 e. The smallest absolute Gasteiger partial charge is 0.347 e. The highest BCUT2D eigenvalue weighted by Gasteiger charge is 2.41. The Bertz CT molecular complexity index is 498. The Morgan fingerprint density at radius 2 is 2.20 bits per heavy atom. The lowest BCUT2D eigenvalue weighted by molar-refractivity contribution is -0.112. The zero-order valence-corrected chi connectivity index (χ0v) is 12.4. The Morgan fingerprint density at radius 1 is 1.50 bits per heavy atom.